The monoisotopic (exact) mass is 556 g/mol. The van der Waals surface area contributed by atoms with Gasteiger partial charge in [0.15, 0.2) is 5.94 Å². The van der Waals surface area contributed by atoms with Gasteiger partial charge in [0.1, 0.15) is 18.0 Å². The molecule has 1 aromatic carbocycles. The van der Waals surface area contributed by atoms with E-state index in [4.69, 9.17) is 14.2 Å². The number of amides is 2. The number of alkyl carbamates (subject to hydrolysis) is 1. The van der Waals surface area contributed by atoms with Gasteiger partial charge in [0, 0.05) is 31.1 Å². The van der Waals surface area contributed by atoms with E-state index in [1.165, 1.54) is 24.3 Å². The molecule has 1 N–H and O–H groups in total. The van der Waals surface area contributed by atoms with E-state index in [1.54, 1.807) is 20.8 Å². The van der Waals surface area contributed by atoms with Crippen LogP contribution in [-0.2, 0) is 24.1 Å². The summed E-state index contributed by atoms with van der Waals surface area (Å²) >= 11 is 0. The first-order chi connectivity index (χ1) is 17.6. The minimum Gasteiger partial charge on any atom is -0.489 e. The van der Waals surface area contributed by atoms with E-state index in [0.717, 1.165) is 12.8 Å². The third-order valence-corrected chi connectivity index (χ3v) is 7.55. The minimum atomic E-state index is -3.68. The van der Waals surface area contributed by atoms with Gasteiger partial charge in [0.05, 0.1) is 17.8 Å². The number of carbonyl (C=O) groups excluding carboxylic acids is 2. The number of benzene rings is 1. The predicted octanol–water partition coefficient (Wildman–Crippen LogP) is 4.48. The highest BCUT2D eigenvalue weighted by atomic mass is 32.2. The Morgan fingerprint density at radius 3 is 2.29 bits per heavy atom. The lowest BCUT2D eigenvalue weighted by Gasteiger charge is -2.39. The zero-order valence-electron chi connectivity index (χ0n) is 23.2. The average Bonchev–Trinajstić information content (AvgIpc) is 2.83. The summed E-state index contributed by atoms with van der Waals surface area (Å²) in [6.07, 6.45) is 1.18. The van der Waals surface area contributed by atoms with Gasteiger partial charge >= 0.3 is 6.09 Å². The summed E-state index contributed by atoms with van der Waals surface area (Å²) in [6, 6.07) is 5.77. The van der Waals surface area contributed by atoms with Crippen LogP contribution in [0.4, 0.5) is 9.18 Å². The van der Waals surface area contributed by atoms with Crippen molar-refractivity contribution >= 4 is 21.8 Å². The molecule has 1 aliphatic heterocycles. The average molecular weight is 557 g/mol. The number of hydrogen-bond acceptors (Lipinski definition) is 7. The van der Waals surface area contributed by atoms with Crippen LogP contribution in [0.3, 0.4) is 0 Å². The molecule has 11 heteroatoms. The van der Waals surface area contributed by atoms with Crippen LogP contribution in [0.1, 0.15) is 54.4 Å². The molecule has 0 unspecified atom stereocenters. The van der Waals surface area contributed by atoms with Crippen molar-refractivity contribution in [3.05, 3.63) is 36.2 Å². The highest BCUT2D eigenvalue weighted by Crippen LogP contribution is 2.32. The van der Waals surface area contributed by atoms with Crippen molar-refractivity contribution in [2.24, 2.45) is 11.3 Å². The molecule has 2 amide bonds. The SMILES string of the molecule is CC(C)C(=O)N1CCC(C)(COCS(=O)(=O)c2ccc(OC/C(=C/F)CNC(=O)OC(C)(C)C)cc2)CC1. The second kappa shape index (κ2) is 13.4. The molecule has 0 aliphatic carbocycles. The Morgan fingerprint density at radius 1 is 1.16 bits per heavy atom. The number of rotatable bonds is 11. The molecular formula is C27H41FN2O7S. The van der Waals surface area contributed by atoms with Crippen LogP contribution in [0.25, 0.3) is 0 Å². The number of carbonyl (C=O) groups is 2. The Hall–Kier alpha value is -2.66. The molecule has 9 nitrogen and oxygen atoms in total. The molecule has 2 rings (SSSR count). The van der Waals surface area contributed by atoms with Crippen LogP contribution in [-0.4, -0.2) is 69.7 Å². The van der Waals surface area contributed by atoms with Gasteiger partial charge in [-0.15, -0.1) is 0 Å². The molecule has 0 radical (unpaired) electrons. The summed E-state index contributed by atoms with van der Waals surface area (Å²) in [5.41, 5.74) is -0.687. The van der Waals surface area contributed by atoms with E-state index in [9.17, 15) is 22.4 Å². The first kappa shape index (κ1) is 31.6. The van der Waals surface area contributed by atoms with Gasteiger partial charge in [0.2, 0.25) is 15.7 Å². The molecule has 1 heterocycles. The quantitative estimate of drug-likeness (QED) is 0.428. The van der Waals surface area contributed by atoms with Crippen LogP contribution in [0, 0.1) is 11.3 Å². The second-order valence-corrected chi connectivity index (χ2v) is 13.2. The maximum absolute atomic E-state index is 13.2. The topological polar surface area (TPSA) is 111 Å². The van der Waals surface area contributed by atoms with Gasteiger partial charge in [-0.25, -0.2) is 17.6 Å². The van der Waals surface area contributed by atoms with Gasteiger partial charge < -0.3 is 24.4 Å². The van der Waals surface area contributed by atoms with Crippen LogP contribution >= 0.6 is 0 Å². The number of likely N-dealkylation sites (tertiary alicyclic amines) is 1. The summed E-state index contributed by atoms with van der Waals surface area (Å²) in [4.78, 5) is 25.9. The number of ether oxygens (including phenoxy) is 3. The van der Waals surface area contributed by atoms with Gasteiger partial charge in [-0.1, -0.05) is 20.8 Å². The fourth-order valence-electron chi connectivity index (χ4n) is 3.78. The van der Waals surface area contributed by atoms with Gasteiger partial charge in [-0.2, -0.15) is 0 Å². The molecular weight excluding hydrogens is 515 g/mol. The van der Waals surface area contributed by atoms with E-state index < -0.39 is 27.5 Å². The number of hydrogen-bond donors (Lipinski definition) is 1. The lowest BCUT2D eigenvalue weighted by molar-refractivity contribution is -0.137. The third kappa shape index (κ3) is 10.2. The van der Waals surface area contributed by atoms with E-state index in [-0.39, 0.29) is 47.5 Å². The van der Waals surface area contributed by atoms with E-state index >= 15 is 0 Å². The first-order valence-electron chi connectivity index (χ1n) is 12.7. The summed E-state index contributed by atoms with van der Waals surface area (Å²) in [6.45, 7) is 12.3. The Balaban J connectivity index is 1.81. The fourth-order valence-corrected chi connectivity index (χ4v) is 4.77. The largest absolute Gasteiger partial charge is 0.489 e. The lowest BCUT2D eigenvalue weighted by Crippen LogP contribution is -2.45. The number of sulfone groups is 1. The van der Waals surface area contributed by atoms with Crippen molar-refractivity contribution in [2.75, 3.05) is 38.8 Å². The van der Waals surface area contributed by atoms with E-state index in [0.29, 0.717) is 25.2 Å². The second-order valence-electron chi connectivity index (χ2n) is 11.3. The molecule has 0 bridgehead atoms. The van der Waals surface area contributed by atoms with Crippen LogP contribution in [0.2, 0.25) is 0 Å². The zero-order valence-corrected chi connectivity index (χ0v) is 24.0. The highest BCUT2D eigenvalue weighted by Gasteiger charge is 2.33. The van der Waals surface area contributed by atoms with Crippen molar-refractivity contribution in [3.63, 3.8) is 0 Å². The summed E-state index contributed by atoms with van der Waals surface area (Å²) in [5.74, 6) is -0.0160. The molecule has 38 heavy (non-hydrogen) atoms. The van der Waals surface area contributed by atoms with Gasteiger partial charge in [-0.05, 0) is 63.3 Å². The summed E-state index contributed by atoms with van der Waals surface area (Å²) < 4.78 is 54.9. The molecule has 0 saturated carbocycles. The van der Waals surface area contributed by atoms with E-state index in [2.05, 4.69) is 5.32 Å². The van der Waals surface area contributed by atoms with Crippen LogP contribution < -0.4 is 10.1 Å². The summed E-state index contributed by atoms with van der Waals surface area (Å²) in [7, 11) is -3.68. The summed E-state index contributed by atoms with van der Waals surface area (Å²) in [5, 5.41) is 2.45. The normalized spacial score (nSPS) is 16.3. The minimum absolute atomic E-state index is 0.0408. The molecule has 1 fully saturated rings. The zero-order chi connectivity index (χ0) is 28.6. The van der Waals surface area contributed by atoms with Crippen molar-refractivity contribution < 1.29 is 36.6 Å². The lowest BCUT2D eigenvalue weighted by atomic mass is 9.81. The fraction of sp³-hybridized carbons (Fsp3) is 0.630. The highest BCUT2D eigenvalue weighted by molar-refractivity contribution is 7.91. The number of piperidine rings is 1. The standard InChI is InChI=1S/C27H41FN2O7S/c1-20(2)24(31)30-13-11-27(6,12-14-30)18-35-19-38(33,34)23-9-7-22(8-10-23)36-17-21(15-28)16-29-25(32)37-26(3,4)5/h7-10,15,20H,11-14,16-19H2,1-6H3,(H,29,32)/b21-15+. The van der Waals surface area contributed by atoms with Crippen molar-refractivity contribution in [1.29, 1.82) is 0 Å². The first-order valence-corrected chi connectivity index (χ1v) is 14.4. The Kier molecular flexibility index (Phi) is 11.1. The Morgan fingerprint density at radius 2 is 1.76 bits per heavy atom. The van der Waals surface area contributed by atoms with E-state index in [1.807, 2.05) is 25.7 Å². The number of nitrogens with one attached hydrogen (secondary N) is 1. The predicted molar refractivity (Wildman–Crippen MR) is 142 cm³/mol. The number of nitrogens with zero attached hydrogens (tertiary/aromatic N) is 1. The smallest absolute Gasteiger partial charge is 0.407 e. The Labute approximate surface area is 225 Å². The molecule has 1 aromatic rings. The Bertz CT molecular complexity index is 1070. The van der Waals surface area contributed by atoms with Crippen LogP contribution in [0.15, 0.2) is 41.1 Å². The molecule has 1 aliphatic rings. The maximum Gasteiger partial charge on any atom is 0.407 e. The molecule has 0 atom stereocenters. The van der Waals surface area contributed by atoms with Crippen molar-refractivity contribution in [3.8, 4) is 5.75 Å². The van der Waals surface area contributed by atoms with Gasteiger partial charge in [0.25, 0.3) is 0 Å². The molecule has 0 spiro atoms. The van der Waals surface area contributed by atoms with Gasteiger partial charge in [-0.3, -0.25) is 4.79 Å². The third-order valence-electron chi connectivity index (χ3n) is 6.09. The van der Waals surface area contributed by atoms with Crippen molar-refractivity contribution in [2.45, 2.75) is 64.9 Å². The molecule has 1 saturated heterocycles. The maximum atomic E-state index is 13.2. The van der Waals surface area contributed by atoms with Crippen molar-refractivity contribution in [1.82, 2.24) is 10.2 Å². The molecule has 0 aromatic heterocycles. The van der Waals surface area contributed by atoms with Crippen LogP contribution in [0.5, 0.6) is 5.75 Å². The molecule has 214 valence electrons. The number of halogens is 1.